The van der Waals surface area contributed by atoms with Gasteiger partial charge in [-0.3, -0.25) is 15.0 Å². The second kappa shape index (κ2) is 7.02. The molecule has 0 bridgehead atoms. The van der Waals surface area contributed by atoms with E-state index in [1.807, 2.05) is 13.1 Å². The fourth-order valence-corrected chi connectivity index (χ4v) is 3.10. The quantitative estimate of drug-likeness (QED) is 0.585. The average Bonchev–Trinajstić information content (AvgIpc) is 2.93. The van der Waals surface area contributed by atoms with Crippen LogP contribution in [-0.4, -0.2) is 22.9 Å². The Morgan fingerprint density at radius 3 is 2.81 bits per heavy atom. The molecule has 1 unspecified atom stereocenters. The summed E-state index contributed by atoms with van der Waals surface area (Å²) in [5.74, 6) is 0. The smallest absolute Gasteiger partial charge is 0.269 e. The lowest BCUT2D eigenvalue weighted by Gasteiger charge is -2.24. The lowest BCUT2D eigenvalue weighted by molar-refractivity contribution is -0.384. The minimum absolute atomic E-state index is 0.0775. The zero-order valence-electron chi connectivity index (χ0n) is 12.0. The molecule has 0 radical (unpaired) electrons. The first-order valence-corrected chi connectivity index (χ1v) is 7.88. The van der Waals surface area contributed by atoms with Gasteiger partial charge in [-0.1, -0.05) is 17.7 Å². The van der Waals surface area contributed by atoms with Crippen LogP contribution in [0.25, 0.3) is 0 Å². The number of thiophene rings is 1. The normalized spacial score (nSPS) is 12.6. The average molecular weight is 325 g/mol. The number of benzene rings is 1. The molecule has 0 aliphatic rings. The van der Waals surface area contributed by atoms with E-state index in [1.54, 1.807) is 23.5 Å². The predicted octanol–water partition coefficient (Wildman–Crippen LogP) is 4.37. The molecule has 0 saturated heterocycles. The third-order valence-electron chi connectivity index (χ3n) is 3.49. The fourth-order valence-electron chi connectivity index (χ4n) is 2.10. The molecule has 0 aliphatic heterocycles. The van der Waals surface area contributed by atoms with Gasteiger partial charge in [0, 0.05) is 34.6 Å². The molecule has 0 N–H and O–H groups in total. The van der Waals surface area contributed by atoms with Crippen LogP contribution < -0.4 is 0 Å². The van der Waals surface area contributed by atoms with Gasteiger partial charge in [-0.05, 0) is 43.5 Å². The molecule has 21 heavy (non-hydrogen) atoms. The Labute approximate surface area is 133 Å². The molecule has 2 rings (SSSR count). The van der Waals surface area contributed by atoms with Gasteiger partial charge in [-0.15, -0.1) is 11.3 Å². The highest BCUT2D eigenvalue weighted by atomic mass is 35.5. The highest BCUT2D eigenvalue weighted by Gasteiger charge is 2.15. The molecule has 1 aromatic heterocycles. The summed E-state index contributed by atoms with van der Waals surface area (Å²) in [4.78, 5) is 13.9. The summed E-state index contributed by atoms with van der Waals surface area (Å²) in [5.41, 5.74) is 0.861. The Morgan fingerprint density at radius 2 is 2.19 bits per heavy atom. The zero-order chi connectivity index (χ0) is 15.4. The van der Waals surface area contributed by atoms with Crippen LogP contribution in [0.15, 0.2) is 35.7 Å². The number of hydrogen-bond acceptors (Lipinski definition) is 4. The van der Waals surface area contributed by atoms with Crippen molar-refractivity contribution in [2.24, 2.45) is 0 Å². The van der Waals surface area contributed by atoms with Crippen molar-refractivity contribution in [2.75, 3.05) is 7.05 Å². The summed E-state index contributed by atoms with van der Waals surface area (Å²) in [5, 5.41) is 13.5. The van der Waals surface area contributed by atoms with Gasteiger partial charge in [0.1, 0.15) is 0 Å². The summed E-state index contributed by atoms with van der Waals surface area (Å²) in [6, 6.07) is 9.07. The number of nitro benzene ring substituents is 1. The summed E-state index contributed by atoms with van der Waals surface area (Å²) >= 11 is 7.89. The van der Waals surface area contributed by atoms with E-state index in [0.717, 1.165) is 12.0 Å². The maximum atomic E-state index is 10.8. The van der Waals surface area contributed by atoms with Crippen LogP contribution in [0.1, 0.15) is 17.4 Å². The highest BCUT2D eigenvalue weighted by Crippen LogP contribution is 2.24. The van der Waals surface area contributed by atoms with E-state index in [1.165, 1.54) is 10.9 Å². The van der Waals surface area contributed by atoms with Crippen LogP contribution in [-0.2, 0) is 13.0 Å². The van der Waals surface area contributed by atoms with Gasteiger partial charge in [0.05, 0.1) is 4.92 Å². The van der Waals surface area contributed by atoms with Gasteiger partial charge >= 0.3 is 0 Å². The van der Waals surface area contributed by atoms with Gasteiger partial charge in [-0.2, -0.15) is 0 Å². The van der Waals surface area contributed by atoms with Crippen LogP contribution in [0.5, 0.6) is 0 Å². The SMILES string of the molecule is CC(Cc1cccs1)N(C)Cc1cc([N+](=O)[O-])ccc1Cl. The van der Waals surface area contributed by atoms with E-state index in [-0.39, 0.29) is 5.69 Å². The van der Waals surface area contributed by atoms with E-state index in [0.29, 0.717) is 17.6 Å². The van der Waals surface area contributed by atoms with Crippen molar-refractivity contribution < 1.29 is 4.92 Å². The topological polar surface area (TPSA) is 46.4 Å². The number of halogens is 1. The largest absolute Gasteiger partial charge is 0.299 e. The van der Waals surface area contributed by atoms with E-state index in [2.05, 4.69) is 23.3 Å². The zero-order valence-corrected chi connectivity index (χ0v) is 13.5. The number of likely N-dealkylation sites (N-methyl/N-ethyl adjacent to an activating group) is 1. The first-order valence-electron chi connectivity index (χ1n) is 6.63. The lowest BCUT2D eigenvalue weighted by Crippen LogP contribution is -2.30. The minimum atomic E-state index is -0.394. The van der Waals surface area contributed by atoms with Crippen molar-refractivity contribution in [2.45, 2.75) is 25.9 Å². The van der Waals surface area contributed by atoms with Crippen LogP contribution >= 0.6 is 22.9 Å². The molecule has 2 aromatic rings. The van der Waals surface area contributed by atoms with Gasteiger partial charge in [0.2, 0.25) is 0 Å². The summed E-state index contributed by atoms with van der Waals surface area (Å²) in [6.07, 6.45) is 0.959. The lowest BCUT2D eigenvalue weighted by atomic mass is 10.1. The van der Waals surface area contributed by atoms with Crippen molar-refractivity contribution in [3.63, 3.8) is 0 Å². The molecular formula is C15H17ClN2O2S. The molecule has 0 aliphatic carbocycles. The monoisotopic (exact) mass is 324 g/mol. The number of non-ortho nitro benzene ring substituents is 1. The molecule has 112 valence electrons. The molecule has 0 fully saturated rings. The Bertz CT molecular complexity index is 616. The Hall–Kier alpha value is -1.43. The number of hydrogen-bond donors (Lipinski definition) is 0. The van der Waals surface area contributed by atoms with Crippen molar-refractivity contribution in [1.29, 1.82) is 0 Å². The number of rotatable bonds is 6. The van der Waals surface area contributed by atoms with Crippen LogP contribution in [0.4, 0.5) is 5.69 Å². The van der Waals surface area contributed by atoms with Crippen molar-refractivity contribution in [3.8, 4) is 0 Å². The first-order chi connectivity index (χ1) is 9.97. The van der Waals surface area contributed by atoms with Crippen molar-refractivity contribution in [3.05, 3.63) is 61.3 Å². The maximum Gasteiger partial charge on any atom is 0.269 e. The first kappa shape index (κ1) is 15.9. The van der Waals surface area contributed by atoms with E-state index in [9.17, 15) is 10.1 Å². The molecular weight excluding hydrogens is 308 g/mol. The standard InChI is InChI=1S/C15H17ClN2O2S/c1-11(8-14-4-3-7-21-14)17(2)10-12-9-13(18(19)20)5-6-15(12)16/h3-7,9,11H,8,10H2,1-2H3. The van der Waals surface area contributed by atoms with Crippen LogP contribution in [0, 0.1) is 10.1 Å². The Morgan fingerprint density at radius 1 is 1.43 bits per heavy atom. The van der Waals surface area contributed by atoms with Gasteiger partial charge in [0.25, 0.3) is 5.69 Å². The van der Waals surface area contributed by atoms with Crippen molar-refractivity contribution in [1.82, 2.24) is 4.90 Å². The van der Waals surface area contributed by atoms with Crippen LogP contribution in [0.2, 0.25) is 5.02 Å². The number of nitrogens with zero attached hydrogens (tertiary/aromatic N) is 2. The Kier molecular flexibility index (Phi) is 5.33. The van der Waals surface area contributed by atoms with E-state index in [4.69, 9.17) is 11.6 Å². The second-order valence-corrected chi connectivity index (χ2v) is 6.52. The highest BCUT2D eigenvalue weighted by molar-refractivity contribution is 7.09. The molecule has 1 atom stereocenters. The fraction of sp³-hybridized carbons (Fsp3) is 0.333. The van der Waals surface area contributed by atoms with E-state index < -0.39 is 4.92 Å². The number of nitro groups is 1. The third kappa shape index (κ3) is 4.27. The second-order valence-electron chi connectivity index (χ2n) is 5.08. The molecule has 1 heterocycles. The molecule has 0 amide bonds. The van der Waals surface area contributed by atoms with Gasteiger partial charge in [0.15, 0.2) is 0 Å². The molecule has 1 aromatic carbocycles. The predicted molar refractivity (Wildman–Crippen MR) is 87.1 cm³/mol. The molecule has 6 heteroatoms. The van der Waals surface area contributed by atoms with Crippen LogP contribution in [0.3, 0.4) is 0 Å². The Balaban J connectivity index is 2.06. The van der Waals surface area contributed by atoms with Gasteiger partial charge < -0.3 is 0 Å². The van der Waals surface area contributed by atoms with Gasteiger partial charge in [-0.25, -0.2) is 0 Å². The molecule has 4 nitrogen and oxygen atoms in total. The molecule has 0 saturated carbocycles. The maximum absolute atomic E-state index is 10.8. The third-order valence-corrected chi connectivity index (χ3v) is 4.76. The summed E-state index contributed by atoms with van der Waals surface area (Å²) in [6.45, 7) is 2.73. The summed E-state index contributed by atoms with van der Waals surface area (Å²) in [7, 11) is 2.01. The van der Waals surface area contributed by atoms with Crippen molar-refractivity contribution >= 4 is 28.6 Å². The molecule has 0 spiro atoms. The summed E-state index contributed by atoms with van der Waals surface area (Å²) < 4.78 is 0. The minimum Gasteiger partial charge on any atom is -0.299 e. The van der Waals surface area contributed by atoms with E-state index >= 15 is 0 Å².